The van der Waals surface area contributed by atoms with Crippen LogP contribution in [0.15, 0.2) is 53.4 Å². The highest BCUT2D eigenvalue weighted by atomic mass is 35.5. The number of sulfonamides is 1. The third-order valence-electron chi connectivity index (χ3n) is 3.66. The molecule has 1 aromatic heterocycles. The summed E-state index contributed by atoms with van der Waals surface area (Å²) in [6, 6.07) is 12.0. The molecule has 130 valence electrons. The second kappa shape index (κ2) is 6.50. The van der Waals surface area contributed by atoms with Crippen molar-refractivity contribution < 1.29 is 12.8 Å². The third kappa shape index (κ3) is 3.52. The highest BCUT2D eigenvalue weighted by Gasteiger charge is 2.25. The number of aryl methyl sites for hydroxylation is 1. The van der Waals surface area contributed by atoms with Gasteiger partial charge in [0.15, 0.2) is 0 Å². The summed E-state index contributed by atoms with van der Waals surface area (Å²) in [6.07, 6.45) is 0. The number of rotatable bonds is 4. The van der Waals surface area contributed by atoms with Gasteiger partial charge in [-0.2, -0.15) is 5.10 Å². The van der Waals surface area contributed by atoms with E-state index in [0.29, 0.717) is 27.8 Å². The van der Waals surface area contributed by atoms with E-state index in [2.05, 4.69) is 9.82 Å². The summed E-state index contributed by atoms with van der Waals surface area (Å²) < 4.78 is 42.6. The van der Waals surface area contributed by atoms with E-state index in [1.165, 1.54) is 28.9 Å². The predicted molar refractivity (Wildman–Crippen MR) is 95.3 cm³/mol. The van der Waals surface area contributed by atoms with Gasteiger partial charge in [0, 0.05) is 10.7 Å². The Morgan fingerprint density at radius 3 is 2.24 bits per heavy atom. The van der Waals surface area contributed by atoms with Crippen molar-refractivity contribution in [2.75, 3.05) is 4.72 Å². The fourth-order valence-electron chi connectivity index (χ4n) is 2.58. The van der Waals surface area contributed by atoms with E-state index in [1.54, 1.807) is 38.1 Å². The molecule has 0 spiro atoms. The van der Waals surface area contributed by atoms with Gasteiger partial charge in [0.1, 0.15) is 10.7 Å². The monoisotopic (exact) mass is 379 g/mol. The Morgan fingerprint density at radius 2 is 1.64 bits per heavy atom. The lowest BCUT2D eigenvalue weighted by atomic mass is 10.3. The van der Waals surface area contributed by atoms with E-state index in [1.807, 2.05) is 0 Å². The number of benzene rings is 2. The molecule has 0 saturated carbocycles. The summed E-state index contributed by atoms with van der Waals surface area (Å²) in [4.78, 5) is 0.0896. The number of hydrogen-bond acceptors (Lipinski definition) is 3. The lowest BCUT2D eigenvalue weighted by Gasteiger charge is -2.09. The molecule has 25 heavy (non-hydrogen) atoms. The topological polar surface area (TPSA) is 64.0 Å². The summed E-state index contributed by atoms with van der Waals surface area (Å²) in [5, 5.41) is 4.80. The number of hydrogen-bond donors (Lipinski definition) is 1. The van der Waals surface area contributed by atoms with Gasteiger partial charge in [0.2, 0.25) is 0 Å². The molecule has 0 aliphatic carbocycles. The second-order valence-corrected chi connectivity index (χ2v) is 7.56. The molecular formula is C17H15ClFN3O2S. The Kier molecular flexibility index (Phi) is 4.53. The highest BCUT2D eigenvalue weighted by Crippen LogP contribution is 2.25. The molecule has 1 N–H and O–H groups in total. The van der Waals surface area contributed by atoms with Crippen molar-refractivity contribution in [3.8, 4) is 5.69 Å². The molecule has 0 unspecified atom stereocenters. The van der Waals surface area contributed by atoms with Crippen LogP contribution in [0.3, 0.4) is 0 Å². The number of aromatic nitrogens is 2. The van der Waals surface area contributed by atoms with Crippen molar-refractivity contribution in [1.82, 2.24) is 9.78 Å². The summed E-state index contributed by atoms with van der Waals surface area (Å²) >= 11 is 5.82. The highest BCUT2D eigenvalue weighted by molar-refractivity contribution is 7.92. The largest absolute Gasteiger partial charge is 0.280 e. The Hall–Kier alpha value is -2.38. The van der Waals surface area contributed by atoms with Gasteiger partial charge in [-0.05, 0) is 62.4 Å². The van der Waals surface area contributed by atoms with Gasteiger partial charge in [0.05, 0.1) is 17.1 Å². The molecule has 0 fully saturated rings. The zero-order valence-electron chi connectivity index (χ0n) is 13.5. The van der Waals surface area contributed by atoms with E-state index in [0.717, 1.165) is 0 Å². The molecule has 0 radical (unpaired) electrons. The molecule has 0 amide bonds. The van der Waals surface area contributed by atoms with Gasteiger partial charge in [-0.15, -0.1) is 0 Å². The second-order valence-electron chi connectivity index (χ2n) is 5.50. The first-order chi connectivity index (χ1) is 11.8. The maximum atomic E-state index is 13.1. The Morgan fingerprint density at radius 1 is 1.04 bits per heavy atom. The first-order valence-corrected chi connectivity index (χ1v) is 9.24. The minimum absolute atomic E-state index is 0.0896. The SMILES string of the molecule is Cc1nn(-c2ccc(F)cc2)c(C)c1S(=O)(=O)Nc1ccc(Cl)cc1. The number of halogens is 2. The van der Waals surface area contributed by atoms with E-state index in [4.69, 9.17) is 11.6 Å². The Labute approximate surface area is 150 Å². The normalized spacial score (nSPS) is 11.5. The maximum absolute atomic E-state index is 13.1. The van der Waals surface area contributed by atoms with Crippen LogP contribution >= 0.6 is 11.6 Å². The fourth-order valence-corrected chi connectivity index (χ4v) is 4.15. The standard InChI is InChI=1S/C17H15ClFN3O2S/c1-11-17(25(23,24)21-15-7-3-13(18)4-8-15)12(2)22(20-11)16-9-5-14(19)6-10-16/h3-10,21H,1-2H3. The molecule has 5 nitrogen and oxygen atoms in total. The van der Waals surface area contributed by atoms with Gasteiger partial charge in [-0.3, -0.25) is 4.72 Å². The molecular weight excluding hydrogens is 365 g/mol. The molecule has 0 aliphatic rings. The average molecular weight is 380 g/mol. The van der Waals surface area contributed by atoms with Gasteiger partial charge in [0.25, 0.3) is 10.0 Å². The van der Waals surface area contributed by atoms with Crippen LogP contribution in [0, 0.1) is 19.7 Å². The third-order valence-corrected chi connectivity index (χ3v) is 5.55. The molecule has 0 aliphatic heterocycles. The van der Waals surface area contributed by atoms with Crippen molar-refractivity contribution in [1.29, 1.82) is 0 Å². The number of nitrogens with zero attached hydrogens (tertiary/aromatic N) is 2. The summed E-state index contributed by atoms with van der Waals surface area (Å²) in [5.74, 6) is -0.373. The summed E-state index contributed by atoms with van der Waals surface area (Å²) in [7, 11) is -3.83. The van der Waals surface area contributed by atoms with E-state index in [9.17, 15) is 12.8 Å². The van der Waals surface area contributed by atoms with Crippen LogP contribution in [0.25, 0.3) is 5.69 Å². The van der Waals surface area contributed by atoms with Crippen LogP contribution in [0.1, 0.15) is 11.4 Å². The quantitative estimate of drug-likeness (QED) is 0.742. The van der Waals surface area contributed by atoms with E-state index >= 15 is 0 Å². The maximum Gasteiger partial charge on any atom is 0.265 e. The molecule has 3 aromatic rings. The molecule has 0 saturated heterocycles. The molecule has 3 rings (SSSR count). The van der Waals surface area contributed by atoms with Crippen LogP contribution in [0.5, 0.6) is 0 Å². The minimum Gasteiger partial charge on any atom is -0.280 e. The summed E-state index contributed by atoms with van der Waals surface area (Å²) in [5.41, 5.74) is 1.77. The molecule has 1 heterocycles. The molecule has 8 heteroatoms. The van der Waals surface area contributed by atoms with Crippen LogP contribution in [0.2, 0.25) is 5.02 Å². The molecule has 0 atom stereocenters. The van der Waals surface area contributed by atoms with Crippen LogP contribution in [0.4, 0.5) is 10.1 Å². The van der Waals surface area contributed by atoms with Gasteiger partial charge < -0.3 is 0 Å². The lowest BCUT2D eigenvalue weighted by molar-refractivity contribution is 0.600. The predicted octanol–water partition coefficient (Wildman–Crippen LogP) is 4.08. The first kappa shape index (κ1) is 17.4. The fraction of sp³-hybridized carbons (Fsp3) is 0.118. The molecule has 2 aromatic carbocycles. The van der Waals surface area contributed by atoms with Crippen LogP contribution < -0.4 is 4.72 Å². The van der Waals surface area contributed by atoms with E-state index in [-0.39, 0.29) is 10.7 Å². The Bertz CT molecular complexity index is 1010. The smallest absolute Gasteiger partial charge is 0.265 e. The zero-order chi connectivity index (χ0) is 18.2. The first-order valence-electron chi connectivity index (χ1n) is 7.38. The van der Waals surface area contributed by atoms with Crippen molar-refractivity contribution >= 4 is 27.3 Å². The van der Waals surface area contributed by atoms with Gasteiger partial charge >= 0.3 is 0 Å². The Balaban J connectivity index is 2.02. The summed E-state index contributed by atoms with van der Waals surface area (Å²) in [6.45, 7) is 3.27. The van der Waals surface area contributed by atoms with Crippen LogP contribution in [-0.4, -0.2) is 18.2 Å². The lowest BCUT2D eigenvalue weighted by Crippen LogP contribution is -2.15. The van der Waals surface area contributed by atoms with Gasteiger partial charge in [-0.25, -0.2) is 17.5 Å². The van der Waals surface area contributed by atoms with Gasteiger partial charge in [-0.1, -0.05) is 11.6 Å². The molecule has 0 bridgehead atoms. The number of nitrogens with one attached hydrogen (secondary N) is 1. The van der Waals surface area contributed by atoms with E-state index < -0.39 is 10.0 Å². The minimum atomic E-state index is -3.83. The van der Waals surface area contributed by atoms with Crippen molar-refractivity contribution in [2.24, 2.45) is 0 Å². The van der Waals surface area contributed by atoms with Crippen molar-refractivity contribution in [3.63, 3.8) is 0 Å². The average Bonchev–Trinajstić information content (AvgIpc) is 2.85. The number of anilines is 1. The van der Waals surface area contributed by atoms with Crippen LogP contribution in [-0.2, 0) is 10.0 Å². The van der Waals surface area contributed by atoms with Crippen molar-refractivity contribution in [2.45, 2.75) is 18.7 Å². The zero-order valence-corrected chi connectivity index (χ0v) is 15.1. The van der Waals surface area contributed by atoms with Crippen molar-refractivity contribution in [3.05, 3.63) is 70.8 Å².